The van der Waals surface area contributed by atoms with Gasteiger partial charge >= 0.3 is 12.3 Å². The van der Waals surface area contributed by atoms with Crippen molar-refractivity contribution in [3.05, 3.63) is 91.0 Å². The average molecular weight is 619 g/mol. The molecule has 0 aliphatic heterocycles. The molecule has 9 nitrogen and oxygen atoms in total. The van der Waals surface area contributed by atoms with Crippen LogP contribution in [0.15, 0.2) is 85.5 Å². The molecular formula is C33H33F3N6O3. The van der Waals surface area contributed by atoms with Crippen LogP contribution in [0.1, 0.15) is 49.8 Å². The zero-order valence-electron chi connectivity index (χ0n) is 24.4. The number of hydrogen-bond acceptors (Lipinski definition) is 6. The number of alkyl halides is 3. The van der Waals surface area contributed by atoms with Crippen molar-refractivity contribution in [3.63, 3.8) is 0 Å². The Balaban J connectivity index is 1.17. The number of nitrogens with zero attached hydrogens (tertiary/aromatic N) is 4. The average Bonchev–Trinajstić information content (AvgIpc) is 3.62. The summed E-state index contributed by atoms with van der Waals surface area (Å²) in [6, 6.07) is 20.1. The van der Waals surface area contributed by atoms with Crippen molar-refractivity contribution in [3.8, 4) is 17.0 Å². The van der Waals surface area contributed by atoms with Gasteiger partial charge in [0.25, 0.3) is 0 Å². The van der Waals surface area contributed by atoms with Gasteiger partial charge in [-0.3, -0.25) is 10.00 Å². The summed E-state index contributed by atoms with van der Waals surface area (Å²) in [6.07, 6.45) is -0.180. The first-order chi connectivity index (χ1) is 21.8. The molecule has 5 aromatic rings. The molecule has 1 saturated carbocycles. The minimum Gasteiger partial charge on any atom is -0.494 e. The van der Waals surface area contributed by atoms with Gasteiger partial charge in [-0.05, 0) is 56.4 Å². The number of ether oxygens (including phenoxy) is 2. The van der Waals surface area contributed by atoms with E-state index >= 15 is 0 Å². The molecule has 0 spiro atoms. The number of aryl methyl sites for hydroxylation is 1. The molecule has 1 atom stereocenters. The van der Waals surface area contributed by atoms with Gasteiger partial charge in [0.1, 0.15) is 18.4 Å². The number of nitrogens with two attached hydrogens (primary N) is 1. The first kappa shape index (κ1) is 30.0. The number of unbranched alkanes of at least 4 members (excludes halogenated alkanes) is 1. The quantitative estimate of drug-likeness (QED) is 0.146. The molecule has 3 N–H and O–H groups in total. The van der Waals surface area contributed by atoms with Crippen LogP contribution in [-0.4, -0.2) is 38.2 Å². The standard InChI is InChI=1S/C33H33F3N6O3/c34-33(35,36)31(23-7-2-1-3-8-23)45-32(43)40-24-13-11-22(12-14-24)30-29(37)27-16-15-26(19-28(27)42(30)25-9-6-10-25)44-18-5-4-17-41-21-38-20-39-41/h1-3,7-8,11-16,19-21,25,31H,4-6,9-10,17-18,37H2,(H,40,43). The highest BCUT2D eigenvalue weighted by Gasteiger charge is 2.44. The number of rotatable bonds is 11. The molecular weight excluding hydrogens is 585 g/mol. The summed E-state index contributed by atoms with van der Waals surface area (Å²) >= 11 is 0. The van der Waals surface area contributed by atoms with E-state index in [0.717, 1.165) is 66.6 Å². The number of anilines is 2. The molecule has 0 radical (unpaired) electrons. The van der Waals surface area contributed by atoms with Crippen LogP contribution in [0.2, 0.25) is 0 Å². The summed E-state index contributed by atoms with van der Waals surface area (Å²) in [5.41, 5.74) is 10.1. The Morgan fingerprint density at radius 1 is 1.04 bits per heavy atom. The largest absolute Gasteiger partial charge is 0.494 e. The summed E-state index contributed by atoms with van der Waals surface area (Å²) in [5, 5.41) is 7.45. The van der Waals surface area contributed by atoms with Gasteiger partial charge in [0.2, 0.25) is 6.10 Å². The van der Waals surface area contributed by atoms with Crippen LogP contribution in [0.4, 0.5) is 29.3 Å². The van der Waals surface area contributed by atoms with E-state index in [0.29, 0.717) is 18.0 Å². The van der Waals surface area contributed by atoms with Crippen molar-refractivity contribution in [1.29, 1.82) is 0 Å². The second-order valence-corrected chi connectivity index (χ2v) is 11.1. The van der Waals surface area contributed by atoms with Crippen molar-refractivity contribution in [1.82, 2.24) is 19.3 Å². The molecule has 2 heterocycles. The fourth-order valence-corrected chi connectivity index (χ4v) is 5.56. The molecule has 234 valence electrons. The van der Waals surface area contributed by atoms with E-state index < -0.39 is 18.4 Å². The number of aromatic nitrogens is 4. The molecule has 3 aromatic carbocycles. The predicted molar refractivity (Wildman–Crippen MR) is 165 cm³/mol. The topological polar surface area (TPSA) is 109 Å². The molecule has 1 aliphatic carbocycles. The predicted octanol–water partition coefficient (Wildman–Crippen LogP) is 7.92. The van der Waals surface area contributed by atoms with Gasteiger partial charge < -0.3 is 19.8 Å². The van der Waals surface area contributed by atoms with Crippen molar-refractivity contribution >= 4 is 28.4 Å². The second-order valence-electron chi connectivity index (χ2n) is 11.1. The third kappa shape index (κ3) is 6.74. The zero-order valence-corrected chi connectivity index (χ0v) is 24.4. The smallest absolute Gasteiger partial charge is 0.429 e. The van der Waals surface area contributed by atoms with Crippen LogP contribution in [-0.2, 0) is 11.3 Å². The molecule has 1 fully saturated rings. The molecule has 6 rings (SSSR count). The number of nitrogens with one attached hydrogen (secondary N) is 1. The van der Waals surface area contributed by atoms with Crippen LogP contribution < -0.4 is 15.8 Å². The molecule has 2 aromatic heterocycles. The van der Waals surface area contributed by atoms with Crippen molar-refractivity contribution in [2.45, 2.75) is 57.0 Å². The number of fused-ring (bicyclic) bond motifs is 1. The lowest BCUT2D eigenvalue weighted by Gasteiger charge is -2.30. The lowest BCUT2D eigenvalue weighted by atomic mass is 9.92. The highest BCUT2D eigenvalue weighted by Crippen LogP contribution is 2.45. The Kier molecular flexibility index (Phi) is 8.63. The van der Waals surface area contributed by atoms with Gasteiger partial charge in [0, 0.05) is 40.9 Å². The van der Waals surface area contributed by atoms with Crippen molar-refractivity contribution in [2.75, 3.05) is 17.7 Å². The summed E-state index contributed by atoms with van der Waals surface area (Å²) in [6.45, 7) is 1.35. The van der Waals surface area contributed by atoms with Gasteiger partial charge in [-0.15, -0.1) is 0 Å². The van der Waals surface area contributed by atoms with E-state index in [-0.39, 0.29) is 11.6 Å². The Bertz CT molecular complexity index is 1730. The SMILES string of the molecule is Nc1c(-c2ccc(NC(=O)OC(c3ccccc3)C(F)(F)F)cc2)n(C2CCC2)c2cc(OCCCCn3cncn3)ccc12. The monoisotopic (exact) mass is 618 g/mol. The van der Waals surface area contributed by atoms with Gasteiger partial charge in [0.05, 0.1) is 23.5 Å². The van der Waals surface area contributed by atoms with Crippen LogP contribution in [0.3, 0.4) is 0 Å². The van der Waals surface area contributed by atoms with E-state index in [1.165, 1.54) is 30.6 Å². The summed E-state index contributed by atoms with van der Waals surface area (Å²) in [7, 11) is 0. The fourth-order valence-electron chi connectivity index (χ4n) is 5.56. The maximum absolute atomic E-state index is 13.6. The van der Waals surface area contributed by atoms with Crippen LogP contribution in [0, 0.1) is 0 Å². The minimum atomic E-state index is -4.77. The van der Waals surface area contributed by atoms with Crippen LogP contribution >= 0.6 is 0 Å². The van der Waals surface area contributed by atoms with E-state index in [1.54, 1.807) is 41.3 Å². The Morgan fingerprint density at radius 3 is 2.49 bits per heavy atom. The Morgan fingerprint density at radius 2 is 1.82 bits per heavy atom. The zero-order chi connectivity index (χ0) is 31.4. The molecule has 0 bridgehead atoms. The summed E-state index contributed by atoms with van der Waals surface area (Å²) < 4.78 is 55.9. The van der Waals surface area contributed by atoms with E-state index in [4.69, 9.17) is 15.2 Å². The second kappa shape index (κ2) is 12.9. The van der Waals surface area contributed by atoms with Gasteiger partial charge in [-0.1, -0.05) is 42.5 Å². The Hall–Kier alpha value is -5.00. The summed E-state index contributed by atoms with van der Waals surface area (Å²) in [4.78, 5) is 16.4. The molecule has 12 heteroatoms. The molecule has 0 saturated heterocycles. The molecule has 1 aliphatic rings. The number of benzene rings is 3. The number of amides is 1. The van der Waals surface area contributed by atoms with Gasteiger partial charge in [-0.25, -0.2) is 9.78 Å². The van der Waals surface area contributed by atoms with Gasteiger partial charge in [-0.2, -0.15) is 18.3 Å². The van der Waals surface area contributed by atoms with E-state index in [2.05, 4.69) is 20.0 Å². The molecule has 1 unspecified atom stereocenters. The maximum atomic E-state index is 13.6. The Labute approximate surface area is 257 Å². The summed E-state index contributed by atoms with van der Waals surface area (Å²) in [5.74, 6) is 0.763. The highest BCUT2D eigenvalue weighted by atomic mass is 19.4. The van der Waals surface area contributed by atoms with E-state index in [9.17, 15) is 18.0 Å². The lowest BCUT2D eigenvalue weighted by molar-refractivity contribution is -0.205. The first-order valence-electron chi connectivity index (χ1n) is 14.9. The number of nitrogen functional groups attached to an aromatic ring is 1. The first-order valence-corrected chi connectivity index (χ1v) is 14.9. The fraction of sp³-hybridized carbons (Fsp3) is 0.303. The third-order valence-corrected chi connectivity index (χ3v) is 8.00. The van der Waals surface area contributed by atoms with Crippen molar-refractivity contribution in [2.24, 2.45) is 0 Å². The molecule has 1 amide bonds. The lowest BCUT2D eigenvalue weighted by Crippen LogP contribution is -2.28. The maximum Gasteiger partial charge on any atom is 0.429 e. The number of carbonyl (C=O) groups excluding carboxylic acids is 1. The number of halogens is 3. The van der Waals surface area contributed by atoms with E-state index in [1.807, 2.05) is 18.2 Å². The number of hydrogen-bond donors (Lipinski definition) is 2. The molecule has 45 heavy (non-hydrogen) atoms. The van der Waals surface area contributed by atoms with Crippen LogP contribution in [0.25, 0.3) is 22.2 Å². The third-order valence-electron chi connectivity index (χ3n) is 8.00. The van der Waals surface area contributed by atoms with Crippen molar-refractivity contribution < 1.29 is 27.4 Å². The number of carbonyl (C=O) groups is 1. The minimum absolute atomic E-state index is 0.161. The normalized spacial score (nSPS) is 14.2. The highest BCUT2D eigenvalue weighted by molar-refractivity contribution is 6.01. The van der Waals surface area contributed by atoms with Crippen LogP contribution in [0.5, 0.6) is 5.75 Å². The van der Waals surface area contributed by atoms with Gasteiger partial charge in [0.15, 0.2) is 0 Å².